The number of imidazole rings is 1. The number of aliphatic hydroxyl groups excluding tert-OH is 1. The SMILES string of the molecule is CCCc1nc(C(=O)NCC(O)CN2CCN(c3cccc(Cl)c3C)CC2)c(C)n1-c1ccc(OC)cc1.Cl.Cl.Cl. The molecule has 1 aliphatic heterocycles. The lowest BCUT2D eigenvalue weighted by Crippen LogP contribution is -2.50. The number of rotatable bonds is 10. The van der Waals surface area contributed by atoms with Crippen LogP contribution in [0.4, 0.5) is 5.69 Å². The number of halogens is 4. The first-order chi connectivity index (χ1) is 18.3. The molecule has 0 aliphatic carbocycles. The van der Waals surface area contributed by atoms with E-state index >= 15 is 0 Å². The summed E-state index contributed by atoms with van der Waals surface area (Å²) < 4.78 is 7.30. The van der Waals surface area contributed by atoms with Crippen LogP contribution in [0.5, 0.6) is 5.75 Å². The van der Waals surface area contributed by atoms with Crippen molar-refractivity contribution in [1.82, 2.24) is 19.8 Å². The zero-order valence-electron chi connectivity index (χ0n) is 23.9. The maximum Gasteiger partial charge on any atom is 0.271 e. The van der Waals surface area contributed by atoms with Gasteiger partial charge >= 0.3 is 0 Å². The van der Waals surface area contributed by atoms with E-state index in [0.717, 1.165) is 78.2 Å². The predicted molar refractivity (Wildman–Crippen MR) is 174 cm³/mol. The van der Waals surface area contributed by atoms with Gasteiger partial charge in [-0.1, -0.05) is 24.6 Å². The van der Waals surface area contributed by atoms with Gasteiger partial charge in [0.05, 0.1) is 18.9 Å². The van der Waals surface area contributed by atoms with Crippen molar-refractivity contribution in [2.45, 2.75) is 39.7 Å². The van der Waals surface area contributed by atoms with Gasteiger partial charge in [-0.2, -0.15) is 0 Å². The third-order valence-electron chi connectivity index (χ3n) is 7.12. The second-order valence-electron chi connectivity index (χ2n) is 9.78. The minimum atomic E-state index is -0.669. The smallest absolute Gasteiger partial charge is 0.271 e. The van der Waals surface area contributed by atoms with Gasteiger partial charge in [-0.05, 0) is 62.2 Å². The Hall–Kier alpha value is -2.20. The van der Waals surface area contributed by atoms with E-state index in [1.807, 2.05) is 54.8 Å². The number of aliphatic hydroxyl groups is 1. The number of hydrogen-bond acceptors (Lipinski definition) is 6. The second-order valence-corrected chi connectivity index (χ2v) is 10.2. The molecule has 4 rings (SSSR count). The first-order valence-corrected chi connectivity index (χ1v) is 13.6. The molecule has 2 N–H and O–H groups in total. The van der Waals surface area contributed by atoms with Crippen LogP contribution in [0.25, 0.3) is 5.69 Å². The van der Waals surface area contributed by atoms with E-state index < -0.39 is 6.10 Å². The van der Waals surface area contributed by atoms with Gasteiger partial charge in [0.2, 0.25) is 0 Å². The Morgan fingerprint density at radius 1 is 1.07 bits per heavy atom. The summed E-state index contributed by atoms with van der Waals surface area (Å²) in [6, 6.07) is 13.7. The second kappa shape index (κ2) is 17.0. The Bertz CT molecular complexity index is 1250. The van der Waals surface area contributed by atoms with E-state index in [4.69, 9.17) is 16.3 Å². The zero-order chi connectivity index (χ0) is 27.2. The molecule has 2 heterocycles. The number of benzene rings is 2. The molecule has 2 aromatic carbocycles. The van der Waals surface area contributed by atoms with E-state index in [1.54, 1.807) is 7.11 Å². The highest BCUT2D eigenvalue weighted by Gasteiger charge is 2.23. The predicted octanol–water partition coefficient (Wildman–Crippen LogP) is 5.28. The summed E-state index contributed by atoms with van der Waals surface area (Å²) in [4.78, 5) is 22.3. The summed E-state index contributed by atoms with van der Waals surface area (Å²) in [5.74, 6) is 1.34. The maximum atomic E-state index is 13.1. The number of methoxy groups -OCH3 is 1. The molecule has 0 spiro atoms. The van der Waals surface area contributed by atoms with Crippen LogP contribution < -0.4 is 15.0 Å². The quantitative estimate of drug-likeness (QED) is 0.311. The van der Waals surface area contributed by atoms with Gasteiger partial charge in [0.25, 0.3) is 5.91 Å². The van der Waals surface area contributed by atoms with E-state index in [1.165, 1.54) is 0 Å². The summed E-state index contributed by atoms with van der Waals surface area (Å²) >= 11 is 6.30. The molecule has 0 saturated carbocycles. The third-order valence-corrected chi connectivity index (χ3v) is 7.53. The molecule has 12 heteroatoms. The summed E-state index contributed by atoms with van der Waals surface area (Å²) in [6.45, 7) is 10.1. The number of nitrogens with one attached hydrogen (secondary N) is 1. The molecule has 1 unspecified atom stereocenters. The fraction of sp³-hybridized carbons (Fsp3) is 0.448. The first-order valence-electron chi connectivity index (χ1n) is 13.2. The summed E-state index contributed by atoms with van der Waals surface area (Å²) in [7, 11) is 1.64. The van der Waals surface area contributed by atoms with E-state index in [2.05, 4.69) is 33.1 Å². The van der Waals surface area contributed by atoms with Gasteiger partial charge in [0.1, 0.15) is 17.3 Å². The summed E-state index contributed by atoms with van der Waals surface area (Å²) in [5.41, 5.74) is 4.36. The number of amides is 1. The topological polar surface area (TPSA) is 82.9 Å². The fourth-order valence-corrected chi connectivity index (χ4v) is 5.18. The van der Waals surface area contributed by atoms with Gasteiger partial charge in [0.15, 0.2) is 0 Å². The van der Waals surface area contributed by atoms with Crippen molar-refractivity contribution in [2.75, 3.05) is 51.3 Å². The van der Waals surface area contributed by atoms with E-state index in [9.17, 15) is 9.90 Å². The van der Waals surface area contributed by atoms with Crippen molar-refractivity contribution in [2.24, 2.45) is 0 Å². The van der Waals surface area contributed by atoms with E-state index in [-0.39, 0.29) is 49.7 Å². The third kappa shape index (κ3) is 8.89. The normalized spacial score (nSPS) is 13.9. The molecule has 41 heavy (non-hydrogen) atoms. The van der Waals surface area contributed by atoms with Gasteiger partial charge < -0.3 is 24.6 Å². The number of hydrogen-bond donors (Lipinski definition) is 2. The van der Waals surface area contributed by atoms with E-state index in [0.29, 0.717) is 12.2 Å². The molecule has 8 nitrogen and oxygen atoms in total. The fourth-order valence-electron chi connectivity index (χ4n) is 5.01. The van der Waals surface area contributed by atoms with Crippen LogP contribution >= 0.6 is 48.8 Å². The molecular weight excluding hydrogens is 608 g/mol. The number of β-amino-alcohol motifs (C(OH)–C–C–N with tert-alkyl or cyclic N) is 1. The minimum Gasteiger partial charge on any atom is -0.497 e. The number of carbonyl (C=O) groups is 1. The molecular formula is C29H41Cl4N5O3. The van der Waals surface area contributed by atoms with Crippen LogP contribution in [0.1, 0.15) is 40.9 Å². The Morgan fingerprint density at radius 2 is 1.73 bits per heavy atom. The van der Waals surface area contributed by atoms with Crippen LogP contribution in [0.15, 0.2) is 42.5 Å². The lowest BCUT2D eigenvalue weighted by Gasteiger charge is -2.37. The van der Waals surface area contributed by atoms with Crippen molar-refractivity contribution < 1.29 is 14.6 Å². The number of piperazine rings is 1. The van der Waals surface area contributed by atoms with Crippen molar-refractivity contribution >= 4 is 60.4 Å². The zero-order valence-corrected chi connectivity index (χ0v) is 27.1. The highest BCUT2D eigenvalue weighted by atomic mass is 35.5. The van der Waals surface area contributed by atoms with Crippen molar-refractivity contribution in [3.8, 4) is 11.4 Å². The standard InChI is InChI=1S/C29H38ClN5O3.3ClH/c1-5-7-27-32-28(21(3)35(27)22-10-12-24(38-4)13-11-22)29(37)31-18-23(36)19-33-14-16-34(17-15-33)26-9-6-8-25(30)20(26)2;;;/h6,8-13,23,36H,5,7,14-19H2,1-4H3,(H,31,37);3*1H. The highest BCUT2D eigenvalue weighted by Crippen LogP contribution is 2.27. The van der Waals surface area contributed by atoms with Crippen molar-refractivity contribution in [1.29, 1.82) is 0 Å². The Balaban J connectivity index is 0.00000280. The number of carbonyl (C=O) groups excluding carboxylic acids is 1. The molecule has 3 aromatic rings. The molecule has 1 amide bonds. The van der Waals surface area contributed by atoms with Crippen molar-refractivity contribution in [3.63, 3.8) is 0 Å². The number of aromatic nitrogens is 2. The van der Waals surface area contributed by atoms with Crippen LogP contribution in [0, 0.1) is 13.8 Å². The van der Waals surface area contributed by atoms with Crippen LogP contribution in [0.3, 0.4) is 0 Å². The van der Waals surface area contributed by atoms with Gasteiger partial charge in [-0.15, -0.1) is 37.2 Å². The number of ether oxygens (including phenoxy) is 1. The van der Waals surface area contributed by atoms with Crippen LogP contribution in [-0.2, 0) is 6.42 Å². The molecule has 1 aromatic heterocycles. The van der Waals surface area contributed by atoms with Crippen LogP contribution in [-0.4, -0.2) is 77.9 Å². The van der Waals surface area contributed by atoms with Crippen LogP contribution in [0.2, 0.25) is 5.02 Å². The Kier molecular flexibility index (Phi) is 15.3. The molecule has 0 radical (unpaired) electrons. The molecule has 1 saturated heterocycles. The largest absolute Gasteiger partial charge is 0.497 e. The molecule has 228 valence electrons. The summed E-state index contributed by atoms with van der Waals surface area (Å²) in [5, 5.41) is 14.3. The molecule has 0 bridgehead atoms. The average molecular weight is 649 g/mol. The summed E-state index contributed by atoms with van der Waals surface area (Å²) in [6.07, 6.45) is 0.998. The Morgan fingerprint density at radius 3 is 2.34 bits per heavy atom. The number of aryl methyl sites for hydroxylation is 1. The molecule has 1 fully saturated rings. The molecule has 1 aliphatic rings. The monoisotopic (exact) mass is 647 g/mol. The van der Waals surface area contributed by atoms with Gasteiger partial charge in [-0.25, -0.2) is 4.98 Å². The lowest BCUT2D eigenvalue weighted by molar-refractivity contribution is 0.0847. The average Bonchev–Trinajstić information content (AvgIpc) is 3.25. The number of anilines is 1. The minimum absolute atomic E-state index is 0. The molecule has 1 atom stereocenters. The number of nitrogens with zero attached hydrogens (tertiary/aromatic N) is 4. The first kappa shape index (κ1) is 36.8. The van der Waals surface area contributed by atoms with Gasteiger partial charge in [0, 0.05) is 62.1 Å². The highest BCUT2D eigenvalue weighted by molar-refractivity contribution is 6.31. The van der Waals surface area contributed by atoms with Crippen molar-refractivity contribution in [3.05, 3.63) is 70.3 Å². The lowest BCUT2D eigenvalue weighted by atomic mass is 10.1. The maximum absolute atomic E-state index is 13.1. The Labute approximate surface area is 266 Å². The van der Waals surface area contributed by atoms with Gasteiger partial charge in [-0.3, -0.25) is 9.69 Å².